The Kier molecular flexibility index (Phi) is 3.22. The monoisotopic (exact) mass is 227 g/mol. The smallest absolute Gasteiger partial charge is 0.228 e. The molecule has 3 atom stereocenters. The first kappa shape index (κ1) is 11.9. The summed E-state index contributed by atoms with van der Waals surface area (Å²) in [4.78, 5) is 14.0. The molecule has 0 radical (unpaired) electrons. The molecule has 92 valence electrons. The highest BCUT2D eigenvalue weighted by Gasteiger charge is 2.40. The van der Waals surface area contributed by atoms with E-state index in [0.29, 0.717) is 26.1 Å². The summed E-state index contributed by atoms with van der Waals surface area (Å²) in [6.45, 7) is 5.69. The average Bonchev–Trinajstić information content (AvgIpc) is 2.82. The zero-order chi connectivity index (χ0) is 11.8. The van der Waals surface area contributed by atoms with Crippen molar-refractivity contribution < 1.29 is 14.6 Å². The maximum Gasteiger partial charge on any atom is 0.228 e. The van der Waals surface area contributed by atoms with Gasteiger partial charge in [-0.2, -0.15) is 0 Å². The van der Waals surface area contributed by atoms with Crippen molar-refractivity contribution in [2.75, 3.05) is 19.7 Å². The summed E-state index contributed by atoms with van der Waals surface area (Å²) in [5.41, 5.74) is -0.698. The predicted molar refractivity (Wildman–Crippen MR) is 60.0 cm³/mol. The molecule has 4 heteroatoms. The quantitative estimate of drug-likeness (QED) is 0.758. The number of aliphatic hydroxyl groups is 1. The van der Waals surface area contributed by atoms with E-state index in [1.165, 1.54) is 0 Å². The third-order valence-corrected chi connectivity index (χ3v) is 3.69. The van der Waals surface area contributed by atoms with Gasteiger partial charge in [0.25, 0.3) is 0 Å². The van der Waals surface area contributed by atoms with E-state index in [2.05, 4.69) is 6.92 Å². The average molecular weight is 227 g/mol. The van der Waals surface area contributed by atoms with Crippen LogP contribution in [0.1, 0.15) is 33.1 Å². The lowest BCUT2D eigenvalue weighted by Crippen LogP contribution is -2.40. The minimum atomic E-state index is -0.698. The fourth-order valence-corrected chi connectivity index (χ4v) is 2.70. The topological polar surface area (TPSA) is 49.8 Å². The highest BCUT2D eigenvalue weighted by molar-refractivity contribution is 5.80. The van der Waals surface area contributed by atoms with E-state index in [1.54, 1.807) is 11.8 Å². The van der Waals surface area contributed by atoms with Crippen molar-refractivity contribution in [3.63, 3.8) is 0 Å². The Balaban J connectivity index is 1.97. The minimum absolute atomic E-state index is 0.0129. The summed E-state index contributed by atoms with van der Waals surface area (Å²) >= 11 is 0. The molecule has 0 spiro atoms. The largest absolute Gasteiger partial charge is 0.388 e. The van der Waals surface area contributed by atoms with E-state index in [4.69, 9.17) is 4.74 Å². The molecule has 2 aliphatic rings. The molecule has 1 amide bonds. The van der Waals surface area contributed by atoms with Gasteiger partial charge >= 0.3 is 0 Å². The van der Waals surface area contributed by atoms with Gasteiger partial charge in [-0.25, -0.2) is 0 Å². The first-order valence-electron chi connectivity index (χ1n) is 6.16. The SMILES string of the molecule is CCC1OCCC1C(=O)N1CCC(C)(O)C1. The molecule has 0 aromatic heterocycles. The zero-order valence-corrected chi connectivity index (χ0v) is 10.1. The molecule has 0 aromatic carbocycles. The molecule has 2 heterocycles. The molecule has 3 unspecified atom stereocenters. The first-order valence-corrected chi connectivity index (χ1v) is 6.16. The third kappa shape index (κ3) is 2.23. The van der Waals surface area contributed by atoms with E-state index in [0.717, 1.165) is 12.8 Å². The number of likely N-dealkylation sites (tertiary alicyclic amines) is 1. The number of rotatable bonds is 2. The number of carbonyl (C=O) groups is 1. The Morgan fingerprint density at radius 1 is 1.62 bits per heavy atom. The van der Waals surface area contributed by atoms with Gasteiger partial charge in [0.05, 0.1) is 17.6 Å². The van der Waals surface area contributed by atoms with Crippen LogP contribution in [0.4, 0.5) is 0 Å². The van der Waals surface area contributed by atoms with Crippen molar-refractivity contribution in [2.45, 2.75) is 44.8 Å². The van der Waals surface area contributed by atoms with Crippen LogP contribution in [0, 0.1) is 5.92 Å². The maximum atomic E-state index is 12.2. The normalized spacial score (nSPS) is 39.3. The van der Waals surface area contributed by atoms with Crippen LogP contribution < -0.4 is 0 Å². The molecule has 2 fully saturated rings. The van der Waals surface area contributed by atoms with Crippen molar-refractivity contribution in [3.05, 3.63) is 0 Å². The molecule has 2 aliphatic heterocycles. The summed E-state index contributed by atoms with van der Waals surface area (Å²) in [5.74, 6) is 0.182. The van der Waals surface area contributed by atoms with Gasteiger partial charge in [0.1, 0.15) is 0 Å². The Bertz CT molecular complexity index is 277. The van der Waals surface area contributed by atoms with Gasteiger partial charge in [-0.05, 0) is 26.2 Å². The van der Waals surface area contributed by atoms with Gasteiger partial charge in [0, 0.05) is 19.7 Å². The van der Waals surface area contributed by atoms with E-state index in [-0.39, 0.29) is 17.9 Å². The lowest BCUT2D eigenvalue weighted by atomic mass is 9.98. The van der Waals surface area contributed by atoms with Gasteiger partial charge in [-0.1, -0.05) is 6.92 Å². The van der Waals surface area contributed by atoms with Gasteiger partial charge in [-0.15, -0.1) is 0 Å². The molecule has 2 rings (SSSR count). The molecule has 0 aromatic rings. The molecule has 2 saturated heterocycles. The van der Waals surface area contributed by atoms with Crippen molar-refractivity contribution in [1.29, 1.82) is 0 Å². The van der Waals surface area contributed by atoms with Crippen LogP contribution in [-0.4, -0.2) is 47.3 Å². The first-order chi connectivity index (χ1) is 7.53. The van der Waals surface area contributed by atoms with Crippen LogP contribution in [0.15, 0.2) is 0 Å². The van der Waals surface area contributed by atoms with E-state index in [1.807, 2.05) is 0 Å². The van der Waals surface area contributed by atoms with E-state index >= 15 is 0 Å². The molecule has 1 N–H and O–H groups in total. The second kappa shape index (κ2) is 4.34. The number of nitrogens with zero attached hydrogens (tertiary/aromatic N) is 1. The fraction of sp³-hybridized carbons (Fsp3) is 0.917. The van der Waals surface area contributed by atoms with Crippen LogP contribution in [-0.2, 0) is 9.53 Å². The third-order valence-electron chi connectivity index (χ3n) is 3.69. The molecule has 0 saturated carbocycles. The molecular weight excluding hydrogens is 206 g/mol. The van der Waals surface area contributed by atoms with Gasteiger partial charge < -0.3 is 14.7 Å². The second-order valence-corrected chi connectivity index (χ2v) is 5.22. The molecular formula is C12H21NO3. The number of β-amino-alcohol motifs (C(OH)–C–C–N with tert-alkyl or cyclic N) is 1. The van der Waals surface area contributed by atoms with Crippen LogP contribution in [0.3, 0.4) is 0 Å². The summed E-state index contributed by atoms with van der Waals surface area (Å²) in [7, 11) is 0. The van der Waals surface area contributed by atoms with E-state index < -0.39 is 5.60 Å². The van der Waals surface area contributed by atoms with Crippen molar-refractivity contribution in [1.82, 2.24) is 4.90 Å². The summed E-state index contributed by atoms with van der Waals surface area (Å²) < 4.78 is 5.54. The summed E-state index contributed by atoms with van der Waals surface area (Å²) in [6.07, 6.45) is 2.48. The molecule has 4 nitrogen and oxygen atoms in total. The lowest BCUT2D eigenvalue weighted by molar-refractivity contribution is -0.137. The van der Waals surface area contributed by atoms with Gasteiger partial charge in [-0.3, -0.25) is 4.79 Å². The maximum absolute atomic E-state index is 12.2. The highest BCUT2D eigenvalue weighted by Crippen LogP contribution is 2.28. The molecule has 0 bridgehead atoms. The number of hydrogen-bond donors (Lipinski definition) is 1. The number of amides is 1. The number of carbonyl (C=O) groups excluding carboxylic acids is 1. The summed E-state index contributed by atoms with van der Waals surface area (Å²) in [6, 6.07) is 0. The predicted octanol–water partition coefficient (Wildman–Crippen LogP) is 0.785. The zero-order valence-electron chi connectivity index (χ0n) is 10.1. The Labute approximate surface area is 96.6 Å². The van der Waals surface area contributed by atoms with Crippen molar-refractivity contribution in [3.8, 4) is 0 Å². The fourth-order valence-electron chi connectivity index (χ4n) is 2.70. The molecule has 0 aliphatic carbocycles. The van der Waals surface area contributed by atoms with Gasteiger partial charge in [0.15, 0.2) is 0 Å². The molecule has 16 heavy (non-hydrogen) atoms. The summed E-state index contributed by atoms with van der Waals surface area (Å²) in [5, 5.41) is 9.85. The standard InChI is InChI=1S/C12H21NO3/c1-3-10-9(4-7-16-10)11(14)13-6-5-12(2,15)8-13/h9-10,15H,3-8H2,1-2H3. The Morgan fingerprint density at radius 3 is 2.94 bits per heavy atom. The van der Waals surface area contributed by atoms with Crippen molar-refractivity contribution >= 4 is 5.91 Å². The second-order valence-electron chi connectivity index (χ2n) is 5.22. The Hall–Kier alpha value is -0.610. The Morgan fingerprint density at radius 2 is 2.38 bits per heavy atom. The van der Waals surface area contributed by atoms with Crippen LogP contribution in [0.2, 0.25) is 0 Å². The van der Waals surface area contributed by atoms with Gasteiger partial charge in [0.2, 0.25) is 5.91 Å². The lowest BCUT2D eigenvalue weighted by Gasteiger charge is -2.24. The number of ether oxygens (including phenoxy) is 1. The van der Waals surface area contributed by atoms with E-state index in [9.17, 15) is 9.90 Å². The van der Waals surface area contributed by atoms with Crippen LogP contribution in [0.5, 0.6) is 0 Å². The van der Waals surface area contributed by atoms with Crippen molar-refractivity contribution in [2.24, 2.45) is 5.92 Å². The number of hydrogen-bond acceptors (Lipinski definition) is 3. The van der Waals surface area contributed by atoms with Crippen LogP contribution >= 0.6 is 0 Å². The highest BCUT2D eigenvalue weighted by atomic mass is 16.5. The van der Waals surface area contributed by atoms with Crippen LogP contribution in [0.25, 0.3) is 0 Å². The minimum Gasteiger partial charge on any atom is -0.388 e.